The molecule has 0 unspecified atom stereocenters. The highest BCUT2D eigenvalue weighted by Crippen LogP contribution is 2.35. The SMILES string of the molecule is CC(C)n1nc(-c2cnc(N)c(OC(F)F)c2)cc1C1CCN(C2COC2)CC1. The van der Waals surface area contributed by atoms with Crippen molar-refractivity contribution in [3.63, 3.8) is 0 Å². The van der Waals surface area contributed by atoms with Gasteiger partial charge in [0.05, 0.1) is 24.9 Å². The van der Waals surface area contributed by atoms with Crippen LogP contribution in [0.25, 0.3) is 11.3 Å². The number of nitrogens with zero attached hydrogens (tertiary/aromatic N) is 4. The summed E-state index contributed by atoms with van der Waals surface area (Å²) in [7, 11) is 0. The molecule has 29 heavy (non-hydrogen) atoms. The quantitative estimate of drug-likeness (QED) is 0.792. The summed E-state index contributed by atoms with van der Waals surface area (Å²) >= 11 is 0. The molecular weight excluding hydrogens is 380 g/mol. The summed E-state index contributed by atoms with van der Waals surface area (Å²) in [5.74, 6) is 0.216. The minimum Gasteiger partial charge on any atom is -0.431 e. The number of anilines is 1. The summed E-state index contributed by atoms with van der Waals surface area (Å²) in [5.41, 5.74) is 8.14. The molecule has 7 nitrogen and oxygen atoms in total. The van der Waals surface area contributed by atoms with Crippen LogP contribution in [0.4, 0.5) is 14.6 Å². The predicted octanol–water partition coefficient (Wildman–Crippen LogP) is 3.29. The number of nitrogen functional groups attached to an aromatic ring is 1. The van der Waals surface area contributed by atoms with Crippen molar-refractivity contribution in [2.75, 3.05) is 32.0 Å². The van der Waals surface area contributed by atoms with Crippen molar-refractivity contribution in [1.29, 1.82) is 0 Å². The summed E-state index contributed by atoms with van der Waals surface area (Å²) < 4.78 is 37.1. The molecule has 0 radical (unpaired) electrons. The first kappa shape index (κ1) is 20.0. The highest BCUT2D eigenvalue weighted by atomic mass is 19.3. The van der Waals surface area contributed by atoms with Gasteiger partial charge >= 0.3 is 6.61 Å². The van der Waals surface area contributed by atoms with Crippen molar-refractivity contribution in [2.24, 2.45) is 0 Å². The number of pyridine rings is 1. The van der Waals surface area contributed by atoms with Gasteiger partial charge < -0.3 is 15.2 Å². The Morgan fingerprint density at radius 1 is 1.21 bits per heavy atom. The zero-order valence-electron chi connectivity index (χ0n) is 16.7. The number of rotatable bonds is 6. The van der Waals surface area contributed by atoms with Crippen LogP contribution in [0.15, 0.2) is 18.3 Å². The second kappa shape index (κ2) is 8.23. The molecule has 2 fully saturated rings. The van der Waals surface area contributed by atoms with Gasteiger partial charge in [0.2, 0.25) is 0 Å². The average molecular weight is 407 g/mol. The molecule has 2 saturated heterocycles. The number of aromatic nitrogens is 3. The molecule has 4 rings (SSSR count). The average Bonchev–Trinajstić information content (AvgIpc) is 3.08. The topological polar surface area (TPSA) is 78.4 Å². The van der Waals surface area contributed by atoms with Crippen molar-refractivity contribution in [1.82, 2.24) is 19.7 Å². The minimum absolute atomic E-state index is 0.0649. The molecule has 0 atom stereocenters. The molecule has 4 heterocycles. The summed E-state index contributed by atoms with van der Waals surface area (Å²) in [5, 5.41) is 4.75. The fourth-order valence-corrected chi connectivity index (χ4v) is 4.05. The Hall–Kier alpha value is -2.26. The fraction of sp³-hybridized carbons (Fsp3) is 0.600. The lowest BCUT2D eigenvalue weighted by molar-refractivity contribution is -0.0714. The van der Waals surface area contributed by atoms with Crippen LogP contribution >= 0.6 is 0 Å². The Morgan fingerprint density at radius 3 is 2.52 bits per heavy atom. The maximum Gasteiger partial charge on any atom is 0.387 e. The van der Waals surface area contributed by atoms with E-state index in [0.29, 0.717) is 23.2 Å². The van der Waals surface area contributed by atoms with Gasteiger partial charge in [-0.25, -0.2) is 4.98 Å². The molecule has 0 spiro atoms. The van der Waals surface area contributed by atoms with Gasteiger partial charge in [0.1, 0.15) is 0 Å². The van der Waals surface area contributed by atoms with E-state index in [0.717, 1.165) is 39.1 Å². The number of halogens is 2. The minimum atomic E-state index is -2.95. The number of hydrogen-bond donors (Lipinski definition) is 1. The third-order valence-corrected chi connectivity index (χ3v) is 5.73. The van der Waals surface area contributed by atoms with Crippen LogP contribution in [0.2, 0.25) is 0 Å². The Morgan fingerprint density at radius 2 is 1.93 bits per heavy atom. The normalized spacial score (nSPS) is 19.1. The van der Waals surface area contributed by atoms with E-state index in [1.54, 1.807) is 6.20 Å². The first-order valence-corrected chi connectivity index (χ1v) is 10.0. The number of piperidine rings is 1. The van der Waals surface area contributed by atoms with Gasteiger partial charge in [-0.15, -0.1) is 0 Å². The van der Waals surface area contributed by atoms with Gasteiger partial charge in [0.25, 0.3) is 0 Å². The number of hydrogen-bond acceptors (Lipinski definition) is 6. The molecule has 0 bridgehead atoms. The van der Waals surface area contributed by atoms with Gasteiger partial charge in [0.15, 0.2) is 11.6 Å². The summed E-state index contributed by atoms with van der Waals surface area (Å²) in [6, 6.07) is 4.28. The van der Waals surface area contributed by atoms with Crippen LogP contribution in [-0.2, 0) is 4.74 Å². The van der Waals surface area contributed by atoms with Gasteiger partial charge in [-0.2, -0.15) is 13.9 Å². The maximum absolute atomic E-state index is 12.6. The molecule has 9 heteroatoms. The Labute approximate surface area is 168 Å². The molecule has 2 aromatic rings. The Balaban J connectivity index is 1.57. The van der Waals surface area contributed by atoms with E-state index >= 15 is 0 Å². The van der Waals surface area contributed by atoms with Crippen molar-refractivity contribution in [3.05, 3.63) is 24.0 Å². The van der Waals surface area contributed by atoms with E-state index in [9.17, 15) is 8.78 Å². The van der Waals surface area contributed by atoms with Gasteiger partial charge in [-0.3, -0.25) is 9.58 Å². The zero-order valence-corrected chi connectivity index (χ0v) is 16.7. The molecule has 0 amide bonds. The van der Waals surface area contributed by atoms with Crippen molar-refractivity contribution in [3.8, 4) is 17.0 Å². The van der Waals surface area contributed by atoms with Gasteiger partial charge in [0, 0.05) is 29.4 Å². The fourth-order valence-electron chi connectivity index (χ4n) is 4.05. The number of alkyl halides is 2. The monoisotopic (exact) mass is 407 g/mol. The number of ether oxygens (including phenoxy) is 2. The van der Waals surface area contributed by atoms with Crippen LogP contribution in [0.3, 0.4) is 0 Å². The standard InChI is InChI=1S/C20H27F2N5O2/c1-12(2)27-17(13-3-5-26(6-4-13)15-10-28-11-15)8-16(25-27)14-7-18(29-20(21)22)19(23)24-9-14/h7-9,12-13,15,20H,3-6,10-11H2,1-2H3,(H2,23,24). The van der Waals surface area contributed by atoms with Crippen LogP contribution in [0.1, 0.15) is 44.3 Å². The summed E-state index contributed by atoms with van der Waals surface area (Å²) in [6.07, 6.45) is 3.67. The van der Waals surface area contributed by atoms with E-state index in [-0.39, 0.29) is 17.6 Å². The third kappa shape index (κ3) is 4.20. The summed E-state index contributed by atoms with van der Waals surface area (Å²) in [4.78, 5) is 6.51. The van der Waals surface area contributed by atoms with Crippen molar-refractivity contribution >= 4 is 5.82 Å². The highest BCUT2D eigenvalue weighted by Gasteiger charge is 2.31. The maximum atomic E-state index is 12.6. The van der Waals surface area contributed by atoms with E-state index in [1.807, 2.05) is 10.7 Å². The molecule has 0 aliphatic carbocycles. The van der Waals surface area contributed by atoms with E-state index < -0.39 is 6.61 Å². The lowest BCUT2D eigenvalue weighted by Crippen LogP contribution is -2.51. The van der Waals surface area contributed by atoms with Crippen LogP contribution in [0, 0.1) is 0 Å². The molecule has 0 aromatic carbocycles. The first-order chi connectivity index (χ1) is 13.9. The first-order valence-electron chi connectivity index (χ1n) is 10.0. The summed E-state index contributed by atoms with van der Waals surface area (Å²) in [6.45, 7) is 5.00. The molecule has 2 aliphatic heterocycles. The second-order valence-corrected chi connectivity index (χ2v) is 7.98. The third-order valence-electron chi connectivity index (χ3n) is 5.73. The molecule has 2 N–H and O–H groups in total. The molecule has 158 valence electrons. The predicted molar refractivity (Wildman–Crippen MR) is 105 cm³/mol. The van der Waals surface area contributed by atoms with Crippen molar-refractivity contribution in [2.45, 2.75) is 51.3 Å². The largest absolute Gasteiger partial charge is 0.431 e. The smallest absolute Gasteiger partial charge is 0.387 e. The van der Waals surface area contributed by atoms with E-state index in [4.69, 9.17) is 15.6 Å². The van der Waals surface area contributed by atoms with Crippen LogP contribution in [-0.4, -0.2) is 58.6 Å². The lowest BCUT2D eigenvalue weighted by atomic mass is 9.91. The van der Waals surface area contributed by atoms with Crippen LogP contribution < -0.4 is 10.5 Å². The molecule has 2 aliphatic rings. The van der Waals surface area contributed by atoms with E-state index in [2.05, 4.69) is 28.5 Å². The highest BCUT2D eigenvalue weighted by molar-refractivity contribution is 5.64. The Kier molecular flexibility index (Phi) is 5.69. The van der Waals surface area contributed by atoms with Crippen LogP contribution in [0.5, 0.6) is 5.75 Å². The number of nitrogens with two attached hydrogens (primary N) is 1. The number of likely N-dealkylation sites (tertiary alicyclic amines) is 1. The zero-order chi connectivity index (χ0) is 20.5. The molecule has 2 aromatic heterocycles. The van der Waals surface area contributed by atoms with E-state index in [1.165, 1.54) is 11.8 Å². The van der Waals surface area contributed by atoms with Gasteiger partial charge in [-0.05, 0) is 51.9 Å². The molecule has 0 saturated carbocycles. The van der Waals surface area contributed by atoms with Crippen molar-refractivity contribution < 1.29 is 18.3 Å². The molecular formula is C20H27F2N5O2. The lowest BCUT2D eigenvalue weighted by Gasteiger charge is -2.41. The van der Waals surface area contributed by atoms with Gasteiger partial charge in [-0.1, -0.05) is 0 Å². The second-order valence-electron chi connectivity index (χ2n) is 7.98. The Bertz CT molecular complexity index is 845.